The largest absolute Gasteiger partial charge is 0.325 e. The molecule has 72 valence electrons. The zero-order valence-electron chi connectivity index (χ0n) is 7.96. The van der Waals surface area contributed by atoms with Crippen molar-refractivity contribution in [3.8, 4) is 0 Å². The maximum absolute atomic E-state index is 6.08. The first-order valence-electron chi connectivity index (χ1n) is 4.98. The number of aromatic nitrogens is 2. The Kier molecular flexibility index (Phi) is 1.47. The number of nitrogens with two attached hydrogens (primary N) is 1. The van der Waals surface area contributed by atoms with Gasteiger partial charge < -0.3 is 5.73 Å². The van der Waals surface area contributed by atoms with Crippen LogP contribution in [-0.2, 0) is 6.42 Å². The summed E-state index contributed by atoms with van der Waals surface area (Å²) < 4.78 is 0. The van der Waals surface area contributed by atoms with Gasteiger partial charge in [0.2, 0.25) is 0 Å². The Balaban J connectivity index is 2.04. The molecular formula is C11H13N3. The van der Waals surface area contributed by atoms with Gasteiger partial charge >= 0.3 is 0 Å². The van der Waals surface area contributed by atoms with Gasteiger partial charge in [0.15, 0.2) is 0 Å². The summed E-state index contributed by atoms with van der Waals surface area (Å²) in [4.78, 5) is 0. The van der Waals surface area contributed by atoms with E-state index < -0.39 is 0 Å². The predicted molar refractivity (Wildman–Crippen MR) is 56.0 cm³/mol. The van der Waals surface area contributed by atoms with Crippen molar-refractivity contribution in [2.75, 3.05) is 0 Å². The highest BCUT2D eigenvalue weighted by Crippen LogP contribution is 2.36. The third-order valence-electron chi connectivity index (χ3n) is 2.96. The fourth-order valence-corrected chi connectivity index (χ4v) is 1.84. The number of nitrogens with zero attached hydrogens (tertiary/aromatic N) is 1. The van der Waals surface area contributed by atoms with Crippen molar-refractivity contribution in [1.29, 1.82) is 0 Å². The minimum Gasteiger partial charge on any atom is -0.325 e. The number of nitrogens with one attached hydrogen (secondary N) is 1. The summed E-state index contributed by atoms with van der Waals surface area (Å²) in [5, 5.41) is 8.54. The van der Waals surface area contributed by atoms with E-state index in [-0.39, 0.29) is 5.54 Å². The summed E-state index contributed by atoms with van der Waals surface area (Å²) in [6.45, 7) is 0. The van der Waals surface area contributed by atoms with Gasteiger partial charge in [0, 0.05) is 23.0 Å². The zero-order valence-corrected chi connectivity index (χ0v) is 7.96. The van der Waals surface area contributed by atoms with Crippen LogP contribution in [-0.4, -0.2) is 15.7 Å². The van der Waals surface area contributed by atoms with Crippen LogP contribution in [0.25, 0.3) is 10.9 Å². The van der Waals surface area contributed by atoms with Crippen LogP contribution in [0.15, 0.2) is 24.3 Å². The van der Waals surface area contributed by atoms with E-state index in [0.717, 1.165) is 24.8 Å². The highest BCUT2D eigenvalue weighted by molar-refractivity contribution is 5.81. The third-order valence-corrected chi connectivity index (χ3v) is 2.96. The lowest BCUT2D eigenvalue weighted by molar-refractivity contribution is 0.660. The zero-order chi connectivity index (χ0) is 9.60. The monoisotopic (exact) mass is 187 g/mol. The van der Waals surface area contributed by atoms with Crippen molar-refractivity contribution < 1.29 is 0 Å². The second-order valence-electron chi connectivity index (χ2n) is 4.26. The van der Waals surface area contributed by atoms with Gasteiger partial charge in [0.1, 0.15) is 0 Å². The van der Waals surface area contributed by atoms with Crippen LogP contribution in [0.5, 0.6) is 0 Å². The minimum atomic E-state index is 0.0509. The molecule has 0 radical (unpaired) electrons. The SMILES string of the molecule is NC1(Cc2[nH]nc3ccccc23)CC1. The van der Waals surface area contributed by atoms with Crippen LogP contribution in [0.3, 0.4) is 0 Å². The molecule has 0 aliphatic heterocycles. The van der Waals surface area contributed by atoms with Gasteiger partial charge in [0.25, 0.3) is 0 Å². The van der Waals surface area contributed by atoms with E-state index in [4.69, 9.17) is 5.73 Å². The van der Waals surface area contributed by atoms with Gasteiger partial charge in [-0.25, -0.2) is 0 Å². The Morgan fingerprint density at radius 1 is 1.36 bits per heavy atom. The molecule has 3 heteroatoms. The van der Waals surface area contributed by atoms with E-state index in [9.17, 15) is 0 Å². The molecular weight excluding hydrogens is 174 g/mol. The number of H-pyrrole nitrogens is 1. The summed E-state index contributed by atoms with van der Waals surface area (Å²) in [6.07, 6.45) is 3.20. The second kappa shape index (κ2) is 2.58. The summed E-state index contributed by atoms with van der Waals surface area (Å²) >= 11 is 0. The molecule has 3 nitrogen and oxygen atoms in total. The second-order valence-corrected chi connectivity index (χ2v) is 4.26. The van der Waals surface area contributed by atoms with Crippen molar-refractivity contribution in [3.63, 3.8) is 0 Å². The van der Waals surface area contributed by atoms with E-state index in [2.05, 4.69) is 16.3 Å². The normalized spacial score (nSPS) is 18.6. The lowest BCUT2D eigenvalue weighted by atomic mass is 10.1. The molecule has 1 aliphatic carbocycles. The van der Waals surface area contributed by atoms with Crippen LogP contribution >= 0.6 is 0 Å². The van der Waals surface area contributed by atoms with E-state index in [1.807, 2.05) is 18.2 Å². The first-order valence-corrected chi connectivity index (χ1v) is 4.98. The van der Waals surface area contributed by atoms with E-state index >= 15 is 0 Å². The summed E-state index contributed by atoms with van der Waals surface area (Å²) in [6, 6.07) is 8.16. The molecule has 0 atom stereocenters. The third kappa shape index (κ3) is 1.21. The first kappa shape index (κ1) is 8.00. The molecule has 3 N–H and O–H groups in total. The lowest BCUT2D eigenvalue weighted by Gasteiger charge is -2.05. The topological polar surface area (TPSA) is 54.7 Å². The first-order chi connectivity index (χ1) is 6.77. The smallest absolute Gasteiger partial charge is 0.0923 e. The van der Waals surface area contributed by atoms with Gasteiger partial charge in [-0.15, -0.1) is 0 Å². The number of para-hydroxylation sites is 1. The lowest BCUT2D eigenvalue weighted by Crippen LogP contribution is -2.24. The molecule has 1 aliphatic rings. The molecule has 2 aromatic rings. The molecule has 1 saturated carbocycles. The van der Waals surface area contributed by atoms with Gasteiger partial charge in [-0.05, 0) is 18.9 Å². The van der Waals surface area contributed by atoms with Crippen molar-refractivity contribution in [3.05, 3.63) is 30.0 Å². The van der Waals surface area contributed by atoms with Gasteiger partial charge in [0.05, 0.1) is 5.52 Å². The molecule has 3 rings (SSSR count). The number of aromatic amines is 1. The highest BCUT2D eigenvalue weighted by Gasteiger charge is 2.38. The molecule has 1 aromatic carbocycles. The summed E-state index contributed by atoms with van der Waals surface area (Å²) in [5.74, 6) is 0. The summed E-state index contributed by atoms with van der Waals surface area (Å²) in [7, 11) is 0. The molecule has 1 aromatic heterocycles. The van der Waals surface area contributed by atoms with Crippen molar-refractivity contribution >= 4 is 10.9 Å². The Morgan fingerprint density at radius 2 is 2.14 bits per heavy atom. The maximum Gasteiger partial charge on any atom is 0.0923 e. The average Bonchev–Trinajstić information content (AvgIpc) is 2.77. The molecule has 0 amide bonds. The van der Waals surface area contributed by atoms with Gasteiger partial charge in [-0.2, -0.15) is 5.10 Å². The number of fused-ring (bicyclic) bond motifs is 1. The highest BCUT2D eigenvalue weighted by atomic mass is 15.1. The van der Waals surface area contributed by atoms with Crippen LogP contribution in [0, 0.1) is 0 Å². The Bertz CT molecular complexity index is 468. The Morgan fingerprint density at radius 3 is 2.93 bits per heavy atom. The fraction of sp³-hybridized carbons (Fsp3) is 0.364. The average molecular weight is 187 g/mol. The predicted octanol–water partition coefficient (Wildman–Crippen LogP) is 1.60. The number of benzene rings is 1. The fourth-order valence-electron chi connectivity index (χ4n) is 1.84. The van der Waals surface area contributed by atoms with Crippen LogP contribution in [0.1, 0.15) is 18.5 Å². The molecule has 0 unspecified atom stereocenters. The van der Waals surface area contributed by atoms with Crippen LogP contribution in [0.4, 0.5) is 0 Å². The Labute approximate surface area is 82.3 Å². The minimum absolute atomic E-state index is 0.0509. The molecule has 0 spiro atoms. The van der Waals surface area contributed by atoms with Gasteiger partial charge in [-0.1, -0.05) is 18.2 Å². The molecule has 0 bridgehead atoms. The van der Waals surface area contributed by atoms with Crippen molar-refractivity contribution in [1.82, 2.24) is 10.2 Å². The van der Waals surface area contributed by atoms with Gasteiger partial charge in [-0.3, -0.25) is 5.10 Å². The van der Waals surface area contributed by atoms with Crippen molar-refractivity contribution in [2.24, 2.45) is 5.73 Å². The number of hydrogen-bond acceptors (Lipinski definition) is 2. The van der Waals surface area contributed by atoms with E-state index in [0.29, 0.717) is 0 Å². The quantitative estimate of drug-likeness (QED) is 0.750. The number of rotatable bonds is 2. The van der Waals surface area contributed by atoms with Crippen LogP contribution < -0.4 is 5.73 Å². The van der Waals surface area contributed by atoms with E-state index in [1.54, 1.807) is 0 Å². The van der Waals surface area contributed by atoms with Crippen molar-refractivity contribution in [2.45, 2.75) is 24.8 Å². The summed E-state index contributed by atoms with van der Waals surface area (Å²) in [5.41, 5.74) is 8.35. The standard InChI is InChI=1S/C11H13N3/c12-11(5-6-11)7-10-8-3-1-2-4-9(8)13-14-10/h1-4H,5-7,12H2,(H,13,14). The Hall–Kier alpha value is -1.35. The van der Waals surface area contributed by atoms with Crippen LogP contribution in [0.2, 0.25) is 0 Å². The van der Waals surface area contributed by atoms with E-state index in [1.165, 1.54) is 11.1 Å². The number of hydrogen-bond donors (Lipinski definition) is 2. The maximum atomic E-state index is 6.08. The molecule has 1 fully saturated rings. The molecule has 0 saturated heterocycles. The molecule has 14 heavy (non-hydrogen) atoms. The molecule has 1 heterocycles.